The van der Waals surface area contributed by atoms with E-state index in [-0.39, 0.29) is 61.6 Å². The zero-order chi connectivity index (χ0) is 31.2. The smallest absolute Gasteiger partial charge is 0.335 e. The summed E-state index contributed by atoms with van der Waals surface area (Å²) in [4.78, 5) is 65.8. The fourth-order valence-electron chi connectivity index (χ4n) is 5.99. The Bertz CT molecular complexity index is 1060. The normalized spacial score (nSPS) is 24.5. The standard InChI is InChI=1S/C29H46N2O11S/c32-25-20-24(43(37,38)39)29(36)31(25)42-26(33)14-16-40-18-19-41-17-15-30-28(35)23-12-10-22(11-13-23)27(34)21-8-6-4-2-1-3-5-7-9-21/h21-24H,1-20H2,(H,30,35)(H,37,38,39). The number of nitrogens with zero attached hydrogens (tertiary/aromatic N) is 1. The van der Waals surface area contributed by atoms with Gasteiger partial charge in [-0.3, -0.25) is 23.7 Å². The first kappa shape index (κ1) is 35.1. The van der Waals surface area contributed by atoms with Crippen molar-refractivity contribution in [2.24, 2.45) is 17.8 Å². The van der Waals surface area contributed by atoms with E-state index in [0.717, 1.165) is 51.4 Å². The minimum atomic E-state index is -4.79. The van der Waals surface area contributed by atoms with Gasteiger partial charge in [0.2, 0.25) is 5.91 Å². The summed E-state index contributed by atoms with van der Waals surface area (Å²) in [6.07, 6.45) is 12.6. The van der Waals surface area contributed by atoms with Gasteiger partial charge in [0.05, 0.1) is 39.3 Å². The fourth-order valence-corrected chi connectivity index (χ4v) is 6.70. The van der Waals surface area contributed by atoms with Gasteiger partial charge >= 0.3 is 5.97 Å². The Labute approximate surface area is 253 Å². The molecule has 1 heterocycles. The van der Waals surface area contributed by atoms with Crippen LogP contribution in [-0.4, -0.2) is 85.7 Å². The van der Waals surface area contributed by atoms with Crippen LogP contribution in [-0.2, 0) is 48.4 Å². The summed E-state index contributed by atoms with van der Waals surface area (Å²) >= 11 is 0. The second kappa shape index (κ2) is 17.8. The molecule has 1 atom stereocenters. The molecular formula is C29H46N2O11S. The van der Waals surface area contributed by atoms with Gasteiger partial charge in [-0.15, -0.1) is 5.06 Å². The number of hydroxylamine groups is 2. The van der Waals surface area contributed by atoms with Gasteiger partial charge in [-0.2, -0.15) is 8.42 Å². The summed E-state index contributed by atoms with van der Waals surface area (Å²) in [7, 11) is -4.79. The molecule has 3 aliphatic rings. The second-order valence-corrected chi connectivity index (χ2v) is 13.3. The maximum Gasteiger partial charge on any atom is 0.335 e. The molecule has 1 unspecified atom stereocenters. The highest BCUT2D eigenvalue weighted by molar-refractivity contribution is 7.87. The van der Waals surface area contributed by atoms with Crippen LogP contribution in [0.1, 0.15) is 96.3 Å². The van der Waals surface area contributed by atoms with E-state index in [1.165, 1.54) is 32.1 Å². The Morgan fingerprint density at radius 1 is 0.767 bits per heavy atom. The average Bonchev–Trinajstić information content (AvgIpc) is 3.27. The minimum Gasteiger partial charge on any atom is -0.378 e. The quantitative estimate of drug-likeness (QED) is 0.163. The van der Waals surface area contributed by atoms with Crippen molar-refractivity contribution in [2.45, 2.75) is 102 Å². The molecule has 2 saturated carbocycles. The highest BCUT2D eigenvalue weighted by Crippen LogP contribution is 2.34. The van der Waals surface area contributed by atoms with Crippen LogP contribution in [0.4, 0.5) is 0 Å². The van der Waals surface area contributed by atoms with Crippen LogP contribution in [0.5, 0.6) is 0 Å². The van der Waals surface area contributed by atoms with Gasteiger partial charge in [-0.25, -0.2) is 4.79 Å². The maximum atomic E-state index is 13.2. The van der Waals surface area contributed by atoms with E-state index < -0.39 is 39.6 Å². The largest absolute Gasteiger partial charge is 0.378 e. The first-order valence-electron chi connectivity index (χ1n) is 15.6. The number of rotatable bonds is 14. The fraction of sp³-hybridized carbons (Fsp3) is 0.828. The molecule has 3 rings (SSSR count). The van der Waals surface area contributed by atoms with Crippen molar-refractivity contribution in [3.05, 3.63) is 0 Å². The predicted molar refractivity (Wildman–Crippen MR) is 153 cm³/mol. The molecule has 0 aromatic heterocycles. The molecule has 0 aromatic rings. The highest BCUT2D eigenvalue weighted by atomic mass is 32.2. The molecular weight excluding hydrogens is 584 g/mol. The Kier molecular flexibility index (Phi) is 14.5. The first-order chi connectivity index (χ1) is 20.6. The zero-order valence-corrected chi connectivity index (χ0v) is 25.7. The van der Waals surface area contributed by atoms with Crippen LogP contribution < -0.4 is 5.32 Å². The summed E-state index contributed by atoms with van der Waals surface area (Å²) in [5.74, 6) is -2.74. The van der Waals surface area contributed by atoms with E-state index in [0.29, 0.717) is 12.3 Å². The monoisotopic (exact) mass is 630 g/mol. The van der Waals surface area contributed by atoms with Crippen molar-refractivity contribution in [1.82, 2.24) is 10.4 Å². The van der Waals surface area contributed by atoms with Crippen LogP contribution in [0.25, 0.3) is 0 Å². The number of carbonyl (C=O) groups excluding carboxylic acids is 5. The molecule has 14 heteroatoms. The maximum absolute atomic E-state index is 13.2. The van der Waals surface area contributed by atoms with Crippen molar-refractivity contribution in [3.63, 3.8) is 0 Å². The lowest BCUT2D eigenvalue weighted by Gasteiger charge is -2.29. The Balaban J connectivity index is 1.20. The summed E-state index contributed by atoms with van der Waals surface area (Å²) in [6, 6.07) is 0. The molecule has 2 aliphatic carbocycles. The third-order valence-corrected chi connectivity index (χ3v) is 9.58. The lowest BCUT2D eigenvalue weighted by Crippen LogP contribution is -2.37. The molecule has 2 N–H and O–H groups in total. The third kappa shape index (κ3) is 11.5. The molecule has 0 bridgehead atoms. The molecule has 43 heavy (non-hydrogen) atoms. The summed E-state index contributed by atoms with van der Waals surface area (Å²) in [5.41, 5.74) is 0. The molecule has 1 saturated heterocycles. The molecule has 0 aromatic carbocycles. The van der Waals surface area contributed by atoms with Crippen LogP contribution in [0, 0.1) is 17.8 Å². The number of hydrogen-bond acceptors (Lipinski definition) is 10. The minimum absolute atomic E-state index is 0.0131. The number of nitrogens with one attached hydrogen (secondary N) is 1. The lowest BCUT2D eigenvalue weighted by atomic mass is 9.75. The van der Waals surface area contributed by atoms with Gasteiger partial charge < -0.3 is 19.6 Å². The highest BCUT2D eigenvalue weighted by Gasteiger charge is 2.48. The number of ketones is 1. The summed E-state index contributed by atoms with van der Waals surface area (Å²) in [6.45, 7) is 0.878. The number of Topliss-reactive ketones (excluding diaryl/α,β-unsaturated/α-hetero) is 1. The zero-order valence-electron chi connectivity index (χ0n) is 24.8. The Morgan fingerprint density at radius 2 is 1.30 bits per heavy atom. The van der Waals surface area contributed by atoms with Gasteiger partial charge in [0.1, 0.15) is 5.78 Å². The Hall–Kier alpha value is -2.42. The van der Waals surface area contributed by atoms with E-state index in [1.54, 1.807) is 0 Å². The number of amides is 3. The van der Waals surface area contributed by atoms with Crippen molar-refractivity contribution in [3.8, 4) is 0 Å². The molecule has 3 fully saturated rings. The van der Waals surface area contributed by atoms with Gasteiger partial charge in [0.25, 0.3) is 21.9 Å². The van der Waals surface area contributed by atoms with Crippen LogP contribution in [0.3, 0.4) is 0 Å². The predicted octanol–water partition coefficient (Wildman–Crippen LogP) is 2.52. The SMILES string of the molecule is O=C(CCOCCOCCNC(=O)C1CCC(C(=O)C2CCCCCCCCC2)CC1)ON1C(=O)CC(S(=O)(=O)O)C1=O. The van der Waals surface area contributed by atoms with Crippen molar-refractivity contribution < 1.29 is 51.3 Å². The van der Waals surface area contributed by atoms with Crippen molar-refractivity contribution in [2.75, 3.05) is 33.0 Å². The molecule has 3 amide bonds. The van der Waals surface area contributed by atoms with Crippen LogP contribution in [0.15, 0.2) is 0 Å². The van der Waals surface area contributed by atoms with Gasteiger partial charge in [-0.1, -0.05) is 44.9 Å². The van der Waals surface area contributed by atoms with Crippen LogP contribution in [0.2, 0.25) is 0 Å². The lowest BCUT2D eigenvalue weighted by molar-refractivity contribution is -0.198. The number of ether oxygens (including phenoxy) is 2. The molecule has 1 aliphatic heterocycles. The van der Waals surface area contributed by atoms with Crippen molar-refractivity contribution in [1.29, 1.82) is 0 Å². The van der Waals surface area contributed by atoms with Crippen LogP contribution >= 0.6 is 0 Å². The summed E-state index contributed by atoms with van der Waals surface area (Å²) < 4.78 is 41.9. The topological polar surface area (TPSA) is 183 Å². The first-order valence-corrected chi connectivity index (χ1v) is 17.1. The van der Waals surface area contributed by atoms with E-state index >= 15 is 0 Å². The molecule has 13 nitrogen and oxygen atoms in total. The van der Waals surface area contributed by atoms with Crippen molar-refractivity contribution >= 4 is 39.6 Å². The van der Waals surface area contributed by atoms with E-state index in [1.807, 2.05) is 0 Å². The molecule has 244 valence electrons. The van der Waals surface area contributed by atoms with E-state index in [9.17, 15) is 32.4 Å². The van der Waals surface area contributed by atoms with E-state index in [2.05, 4.69) is 10.2 Å². The number of imide groups is 1. The number of hydrogen-bond donors (Lipinski definition) is 2. The van der Waals surface area contributed by atoms with Gasteiger partial charge in [-0.05, 0) is 38.5 Å². The molecule has 0 radical (unpaired) electrons. The second-order valence-electron chi connectivity index (χ2n) is 11.7. The van der Waals surface area contributed by atoms with Gasteiger partial charge in [0, 0.05) is 24.3 Å². The van der Waals surface area contributed by atoms with E-state index in [4.69, 9.17) is 14.0 Å². The Morgan fingerprint density at radius 3 is 1.88 bits per heavy atom. The summed E-state index contributed by atoms with van der Waals surface area (Å²) in [5, 5.41) is 0.961. The number of carbonyl (C=O) groups is 5. The van der Waals surface area contributed by atoms with Gasteiger partial charge in [0.15, 0.2) is 5.25 Å². The third-order valence-electron chi connectivity index (χ3n) is 8.49. The molecule has 0 spiro atoms. The average molecular weight is 631 g/mol.